The van der Waals surface area contributed by atoms with Crippen LogP contribution in [0.2, 0.25) is 0 Å². The van der Waals surface area contributed by atoms with Crippen LogP contribution in [0.5, 0.6) is 0 Å². The van der Waals surface area contributed by atoms with Crippen molar-refractivity contribution in [1.29, 1.82) is 0 Å². The summed E-state index contributed by atoms with van der Waals surface area (Å²) in [6.45, 7) is 3.12. The number of para-hydroxylation sites is 1. The van der Waals surface area contributed by atoms with Crippen LogP contribution in [0.25, 0.3) is 0 Å². The van der Waals surface area contributed by atoms with Gasteiger partial charge in [0.05, 0.1) is 11.0 Å². The fourth-order valence-electron chi connectivity index (χ4n) is 2.12. The van der Waals surface area contributed by atoms with Crippen molar-refractivity contribution in [2.24, 2.45) is 5.73 Å². The monoisotopic (exact) mass is 220 g/mol. The minimum atomic E-state index is 0.154. The lowest BCUT2D eigenvalue weighted by atomic mass is 10.0. The fraction of sp³-hybridized carbons (Fsp3) is 0.417. The van der Waals surface area contributed by atoms with Crippen LogP contribution in [0.15, 0.2) is 24.3 Å². The molecular weight excluding hydrogens is 204 g/mol. The average molecular weight is 220 g/mol. The van der Waals surface area contributed by atoms with E-state index in [1.807, 2.05) is 0 Å². The van der Waals surface area contributed by atoms with Crippen molar-refractivity contribution in [3.8, 4) is 0 Å². The number of anilines is 1. The first-order valence-corrected chi connectivity index (χ1v) is 5.75. The van der Waals surface area contributed by atoms with Gasteiger partial charge in [-0.15, -0.1) is 0 Å². The first kappa shape index (κ1) is 10.4. The van der Waals surface area contributed by atoms with Crippen LogP contribution in [0.1, 0.15) is 18.9 Å². The Kier molecular flexibility index (Phi) is 2.91. The van der Waals surface area contributed by atoms with E-state index in [-0.39, 0.29) is 6.04 Å². The van der Waals surface area contributed by atoms with E-state index in [0.717, 1.165) is 13.0 Å². The molecule has 1 aliphatic heterocycles. The van der Waals surface area contributed by atoms with E-state index < -0.39 is 0 Å². The molecule has 15 heavy (non-hydrogen) atoms. The van der Waals surface area contributed by atoms with E-state index in [9.17, 15) is 0 Å². The first-order chi connectivity index (χ1) is 7.20. The second kappa shape index (κ2) is 4.19. The number of thiocarbonyl (C=S) groups is 1. The van der Waals surface area contributed by atoms with Crippen LogP contribution in [-0.4, -0.2) is 17.6 Å². The third kappa shape index (κ3) is 1.97. The third-order valence-electron chi connectivity index (χ3n) is 3.03. The highest BCUT2D eigenvalue weighted by atomic mass is 32.1. The van der Waals surface area contributed by atoms with Gasteiger partial charge in [0, 0.05) is 12.2 Å². The second-order valence-electron chi connectivity index (χ2n) is 4.00. The zero-order chi connectivity index (χ0) is 10.8. The predicted octanol–water partition coefficient (Wildman–Crippen LogP) is 2.11. The molecule has 0 aliphatic carbocycles. The number of hydrogen-bond acceptors (Lipinski definition) is 2. The number of nitrogens with zero attached hydrogens (tertiary/aromatic N) is 1. The van der Waals surface area contributed by atoms with E-state index in [4.69, 9.17) is 18.0 Å². The van der Waals surface area contributed by atoms with Crippen molar-refractivity contribution in [2.75, 3.05) is 11.4 Å². The van der Waals surface area contributed by atoms with E-state index >= 15 is 0 Å². The fourth-order valence-corrected chi connectivity index (χ4v) is 2.25. The summed E-state index contributed by atoms with van der Waals surface area (Å²) in [5.41, 5.74) is 8.42. The first-order valence-electron chi connectivity index (χ1n) is 5.34. The number of aryl methyl sites for hydroxylation is 1. The summed E-state index contributed by atoms with van der Waals surface area (Å²) in [5, 5.41) is 0. The minimum Gasteiger partial charge on any atom is -0.392 e. The summed E-state index contributed by atoms with van der Waals surface area (Å²) in [6, 6.07) is 8.66. The van der Waals surface area contributed by atoms with Gasteiger partial charge in [0.1, 0.15) is 0 Å². The zero-order valence-electron chi connectivity index (χ0n) is 8.94. The Morgan fingerprint density at radius 3 is 2.93 bits per heavy atom. The molecule has 1 aliphatic rings. The van der Waals surface area contributed by atoms with Gasteiger partial charge in [-0.05, 0) is 31.4 Å². The summed E-state index contributed by atoms with van der Waals surface area (Å²) in [6.07, 6.45) is 2.35. The normalized spacial score (nSPS) is 17.0. The van der Waals surface area contributed by atoms with Crippen molar-refractivity contribution in [1.82, 2.24) is 0 Å². The van der Waals surface area contributed by atoms with Gasteiger partial charge in [0.25, 0.3) is 0 Å². The Labute approximate surface area is 96.1 Å². The van der Waals surface area contributed by atoms with Crippen LogP contribution in [0, 0.1) is 0 Å². The average Bonchev–Trinajstić information content (AvgIpc) is 2.27. The van der Waals surface area contributed by atoms with Crippen LogP contribution in [0.3, 0.4) is 0 Å². The smallest absolute Gasteiger partial charge is 0.0953 e. The maximum absolute atomic E-state index is 5.71. The molecule has 1 unspecified atom stereocenters. The number of benzene rings is 1. The Morgan fingerprint density at radius 2 is 2.20 bits per heavy atom. The molecule has 2 rings (SSSR count). The maximum Gasteiger partial charge on any atom is 0.0953 e. The standard InChI is InChI=1S/C12H16N2S/c1-9(12(13)15)14-8-4-6-10-5-2-3-7-11(10)14/h2-3,5,7,9H,4,6,8H2,1H3,(H2,13,15). The highest BCUT2D eigenvalue weighted by Gasteiger charge is 2.21. The number of hydrogen-bond donors (Lipinski definition) is 1. The second-order valence-corrected chi connectivity index (χ2v) is 4.48. The molecule has 1 atom stereocenters. The van der Waals surface area contributed by atoms with Crippen molar-refractivity contribution in [3.63, 3.8) is 0 Å². The molecule has 1 heterocycles. The molecule has 1 aromatic rings. The number of nitrogens with two attached hydrogens (primary N) is 1. The van der Waals surface area contributed by atoms with E-state index in [1.54, 1.807) is 0 Å². The van der Waals surface area contributed by atoms with Crippen LogP contribution in [-0.2, 0) is 6.42 Å². The van der Waals surface area contributed by atoms with Crippen LogP contribution < -0.4 is 10.6 Å². The Bertz CT molecular complexity index is 376. The molecule has 1 aromatic carbocycles. The molecule has 0 saturated heterocycles. The summed E-state index contributed by atoms with van der Waals surface area (Å²) in [5.74, 6) is 0. The highest BCUT2D eigenvalue weighted by Crippen LogP contribution is 2.28. The van der Waals surface area contributed by atoms with Crippen LogP contribution in [0.4, 0.5) is 5.69 Å². The number of rotatable bonds is 2. The SMILES string of the molecule is CC(C(N)=S)N1CCCc2ccccc21. The Hall–Kier alpha value is -1.09. The van der Waals surface area contributed by atoms with Gasteiger partial charge in [-0.2, -0.15) is 0 Å². The van der Waals surface area contributed by atoms with Crippen molar-refractivity contribution >= 4 is 22.9 Å². The molecule has 0 aromatic heterocycles. The van der Waals surface area contributed by atoms with E-state index in [1.165, 1.54) is 17.7 Å². The van der Waals surface area contributed by atoms with Crippen molar-refractivity contribution in [3.05, 3.63) is 29.8 Å². The summed E-state index contributed by atoms with van der Waals surface area (Å²) >= 11 is 5.06. The third-order valence-corrected chi connectivity index (χ3v) is 3.37. The van der Waals surface area contributed by atoms with Gasteiger partial charge in [-0.25, -0.2) is 0 Å². The molecule has 0 radical (unpaired) electrons. The van der Waals surface area contributed by atoms with Crippen LogP contribution >= 0.6 is 12.2 Å². The lowest BCUT2D eigenvalue weighted by Gasteiger charge is -2.35. The molecular formula is C12H16N2S. The zero-order valence-corrected chi connectivity index (χ0v) is 9.76. The summed E-state index contributed by atoms with van der Waals surface area (Å²) in [7, 11) is 0. The molecule has 2 nitrogen and oxygen atoms in total. The van der Waals surface area contributed by atoms with Gasteiger partial charge in [0.2, 0.25) is 0 Å². The molecule has 0 spiro atoms. The topological polar surface area (TPSA) is 29.3 Å². The predicted molar refractivity (Wildman–Crippen MR) is 68.4 cm³/mol. The van der Waals surface area contributed by atoms with Crippen molar-refractivity contribution < 1.29 is 0 Å². The lowest BCUT2D eigenvalue weighted by molar-refractivity contribution is 0.673. The molecule has 2 N–H and O–H groups in total. The molecule has 0 amide bonds. The Balaban J connectivity index is 2.33. The molecule has 0 bridgehead atoms. The lowest BCUT2D eigenvalue weighted by Crippen LogP contribution is -2.44. The summed E-state index contributed by atoms with van der Waals surface area (Å²) < 4.78 is 0. The van der Waals surface area contributed by atoms with Gasteiger partial charge in [-0.3, -0.25) is 0 Å². The van der Waals surface area contributed by atoms with Gasteiger partial charge in [-0.1, -0.05) is 30.4 Å². The van der Waals surface area contributed by atoms with Gasteiger partial charge < -0.3 is 10.6 Å². The van der Waals surface area contributed by atoms with Gasteiger partial charge >= 0.3 is 0 Å². The Morgan fingerprint density at radius 1 is 1.47 bits per heavy atom. The van der Waals surface area contributed by atoms with Gasteiger partial charge in [0.15, 0.2) is 0 Å². The largest absolute Gasteiger partial charge is 0.392 e. The summed E-state index contributed by atoms with van der Waals surface area (Å²) in [4.78, 5) is 2.88. The quantitative estimate of drug-likeness (QED) is 0.774. The highest BCUT2D eigenvalue weighted by molar-refractivity contribution is 7.80. The molecule has 0 saturated carbocycles. The van der Waals surface area contributed by atoms with E-state index in [2.05, 4.69) is 36.1 Å². The van der Waals surface area contributed by atoms with Crippen molar-refractivity contribution in [2.45, 2.75) is 25.8 Å². The molecule has 3 heteroatoms. The molecule has 0 fully saturated rings. The maximum atomic E-state index is 5.71. The van der Waals surface area contributed by atoms with E-state index in [0.29, 0.717) is 4.99 Å². The molecule has 80 valence electrons. The minimum absolute atomic E-state index is 0.154. The number of fused-ring (bicyclic) bond motifs is 1.